The van der Waals surface area contributed by atoms with Gasteiger partial charge >= 0.3 is 0 Å². The monoisotopic (exact) mass is 235 g/mol. The molecular weight excluding hydrogens is 210 g/mol. The van der Waals surface area contributed by atoms with Gasteiger partial charge in [-0.2, -0.15) is 0 Å². The summed E-state index contributed by atoms with van der Waals surface area (Å²) in [5.41, 5.74) is 0. The molecule has 1 saturated carbocycles. The van der Waals surface area contributed by atoms with E-state index in [9.17, 15) is 4.79 Å². The van der Waals surface area contributed by atoms with Gasteiger partial charge < -0.3 is 5.32 Å². The highest BCUT2D eigenvalue weighted by molar-refractivity contribution is 5.84. The molecule has 0 amide bonds. The Labute approximate surface area is 105 Å². The minimum Gasteiger partial charge on any atom is -0.310 e. The lowest BCUT2D eigenvalue weighted by Crippen LogP contribution is -2.35. The number of carbonyl (C=O) groups is 1. The van der Waals surface area contributed by atoms with E-state index in [1.807, 2.05) is 0 Å². The molecule has 2 nitrogen and oxygen atoms in total. The second-order valence-electron chi connectivity index (χ2n) is 6.43. The van der Waals surface area contributed by atoms with Gasteiger partial charge in [0.1, 0.15) is 5.78 Å². The normalized spacial score (nSPS) is 45.1. The van der Waals surface area contributed by atoms with Crippen LogP contribution in [0.5, 0.6) is 0 Å². The van der Waals surface area contributed by atoms with Gasteiger partial charge in [0.15, 0.2) is 0 Å². The van der Waals surface area contributed by atoms with E-state index in [1.54, 1.807) is 0 Å². The Morgan fingerprint density at radius 3 is 2.71 bits per heavy atom. The lowest BCUT2D eigenvalue weighted by atomic mass is 9.73. The van der Waals surface area contributed by atoms with E-state index in [2.05, 4.69) is 12.2 Å². The average molecular weight is 235 g/mol. The average Bonchev–Trinajstić information content (AvgIpc) is 3.00. The van der Waals surface area contributed by atoms with Gasteiger partial charge in [0.05, 0.1) is 0 Å². The molecule has 2 aliphatic heterocycles. The van der Waals surface area contributed by atoms with Gasteiger partial charge in [-0.3, -0.25) is 4.79 Å². The standard InChI is InChI=1S/C15H25NO/c1-2-10-4-3-5-11(8-10)15(17)13-9-12-6-7-14(13)16-12/h10-14,16H,2-9H2,1H3. The zero-order valence-electron chi connectivity index (χ0n) is 11.0. The molecule has 1 aliphatic carbocycles. The molecule has 3 aliphatic rings. The van der Waals surface area contributed by atoms with E-state index in [4.69, 9.17) is 0 Å². The second kappa shape index (κ2) is 4.72. The molecule has 2 bridgehead atoms. The Kier molecular flexibility index (Phi) is 3.25. The first-order valence-corrected chi connectivity index (χ1v) is 7.57. The third-order valence-corrected chi connectivity index (χ3v) is 5.43. The number of fused-ring (bicyclic) bond motifs is 2. The quantitative estimate of drug-likeness (QED) is 0.815. The van der Waals surface area contributed by atoms with Gasteiger partial charge in [0.2, 0.25) is 0 Å². The zero-order valence-corrected chi connectivity index (χ0v) is 11.0. The lowest BCUT2D eigenvalue weighted by molar-refractivity contribution is -0.128. The maximum absolute atomic E-state index is 12.6. The summed E-state index contributed by atoms with van der Waals surface area (Å²) in [6.07, 6.45) is 9.93. The molecule has 2 saturated heterocycles. The summed E-state index contributed by atoms with van der Waals surface area (Å²) >= 11 is 0. The molecule has 5 unspecified atom stereocenters. The minimum atomic E-state index is 0.370. The van der Waals surface area contributed by atoms with Gasteiger partial charge in [0, 0.05) is 23.9 Å². The summed E-state index contributed by atoms with van der Waals surface area (Å²) in [6.45, 7) is 2.27. The van der Waals surface area contributed by atoms with E-state index >= 15 is 0 Å². The highest BCUT2D eigenvalue weighted by Crippen LogP contribution is 2.39. The molecule has 0 radical (unpaired) electrons. The van der Waals surface area contributed by atoms with Crippen LogP contribution in [-0.4, -0.2) is 17.9 Å². The summed E-state index contributed by atoms with van der Waals surface area (Å²) in [7, 11) is 0. The molecule has 2 heterocycles. The van der Waals surface area contributed by atoms with Crippen LogP contribution in [0.2, 0.25) is 0 Å². The molecule has 3 rings (SSSR count). The number of nitrogens with one attached hydrogen (secondary N) is 1. The van der Waals surface area contributed by atoms with Crippen LogP contribution in [0.15, 0.2) is 0 Å². The molecule has 0 aromatic carbocycles. The smallest absolute Gasteiger partial charge is 0.140 e. The second-order valence-corrected chi connectivity index (χ2v) is 6.43. The molecule has 17 heavy (non-hydrogen) atoms. The number of carbonyl (C=O) groups excluding carboxylic acids is 1. The van der Waals surface area contributed by atoms with Crippen LogP contribution in [0, 0.1) is 17.8 Å². The predicted molar refractivity (Wildman–Crippen MR) is 68.8 cm³/mol. The van der Waals surface area contributed by atoms with Crippen LogP contribution in [0.1, 0.15) is 58.3 Å². The molecule has 0 aromatic heterocycles. The van der Waals surface area contributed by atoms with Crippen molar-refractivity contribution in [3.05, 3.63) is 0 Å². The number of ketones is 1. The molecule has 3 fully saturated rings. The summed E-state index contributed by atoms with van der Waals surface area (Å²) < 4.78 is 0. The van der Waals surface area contributed by atoms with Gasteiger partial charge in [-0.1, -0.05) is 26.2 Å². The van der Waals surface area contributed by atoms with Crippen LogP contribution in [-0.2, 0) is 4.79 Å². The molecule has 5 atom stereocenters. The molecular formula is C15H25NO. The third kappa shape index (κ3) is 2.16. The fourth-order valence-corrected chi connectivity index (χ4v) is 4.36. The zero-order chi connectivity index (χ0) is 11.8. The topological polar surface area (TPSA) is 29.1 Å². The summed E-state index contributed by atoms with van der Waals surface area (Å²) in [5, 5.41) is 3.60. The first kappa shape index (κ1) is 11.7. The van der Waals surface area contributed by atoms with Crippen molar-refractivity contribution < 1.29 is 4.79 Å². The summed E-state index contributed by atoms with van der Waals surface area (Å²) in [6, 6.07) is 1.20. The molecule has 0 spiro atoms. The van der Waals surface area contributed by atoms with Crippen molar-refractivity contribution in [2.24, 2.45) is 17.8 Å². The van der Waals surface area contributed by atoms with Crippen molar-refractivity contribution in [3.8, 4) is 0 Å². The SMILES string of the molecule is CCC1CCCC(C(=O)C2CC3CCC2N3)C1. The first-order chi connectivity index (χ1) is 8.28. The molecule has 1 N–H and O–H groups in total. The Balaban J connectivity index is 1.62. The van der Waals surface area contributed by atoms with Crippen molar-refractivity contribution in [2.75, 3.05) is 0 Å². The van der Waals surface area contributed by atoms with Crippen LogP contribution >= 0.6 is 0 Å². The fourth-order valence-electron chi connectivity index (χ4n) is 4.36. The van der Waals surface area contributed by atoms with E-state index in [1.165, 1.54) is 44.9 Å². The summed E-state index contributed by atoms with van der Waals surface area (Å²) in [4.78, 5) is 12.6. The van der Waals surface area contributed by atoms with Crippen molar-refractivity contribution in [1.82, 2.24) is 5.32 Å². The number of Topliss-reactive ketones (excluding diaryl/α,β-unsaturated/α-hetero) is 1. The third-order valence-electron chi connectivity index (χ3n) is 5.43. The van der Waals surface area contributed by atoms with Gasteiger partial charge in [-0.25, -0.2) is 0 Å². The predicted octanol–water partition coefficient (Wildman–Crippen LogP) is 2.91. The minimum absolute atomic E-state index is 0.370. The van der Waals surface area contributed by atoms with Crippen LogP contribution in [0.3, 0.4) is 0 Å². The van der Waals surface area contributed by atoms with Crippen molar-refractivity contribution in [2.45, 2.75) is 70.4 Å². The van der Waals surface area contributed by atoms with Crippen LogP contribution < -0.4 is 5.32 Å². The highest BCUT2D eigenvalue weighted by atomic mass is 16.1. The maximum atomic E-state index is 12.6. The molecule has 96 valence electrons. The number of hydrogen-bond acceptors (Lipinski definition) is 2. The molecule has 0 aromatic rings. The van der Waals surface area contributed by atoms with Gasteiger partial charge in [-0.15, -0.1) is 0 Å². The van der Waals surface area contributed by atoms with E-state index in [-0.39, 0.29) is 0 Å². The van der Waals surface area contributed by atoms with E-state index < -0.39 is 0 Å². The Hall–Kier alpha value is -0.370. The first-order valence-electron chi connectivity index (χ1n) is 7.57. The van der Waals surface area contributed by atoms with E-state index in [0.29, 0.717) is 29.7 Å². The van der Waals surface area contributed by atoms with Crippen molar-refractivity contribution >= 4 is 5.78 Å². The highest BCUT2D eigenvalue weighted by Gasteiger charge is 2.44. The Morgan fingerprint density at radius 2 is 2.06 bits per heavy atom. The number of hydrogen-bond donors (Lipinski definition) is 1. The van der Waals surface area contributed by atoms with Gasteiger partial charge in [0.25, 0.3) is 0 Å². The van der Waals surface area contributed by atoms with Crippen LogP contribution in [0.25, 0.3) is 0 Å². The fraction of sp³-hybridized carbons (Fsp3) is 0.933. The maximum Gasteiger partial charge on any atom is 0.140 e. The van der Waals surface area contributed by atoms with Gasteiger partial charge in [-0.05, 0) is 38.0 Å². The number of rotatable bonds is 3. The largest absolute Gasteiger partial charge is 0.310 e. The molecule has 2 heteroatoms. The van der Waals surface area contributed by atoms with Crippen molar-refractivity contribution in [1.29, 1.82) is 0 Å². The Morgan fingerprint density at radius 1 is 1.18 bits per heavy atom. The van der Waals surface area contributed by atoms with Crippen molar-refractivity contribution in [3.63, 3.8) is 0 Å². The van der Waals surface area contributed by atoms with Crippen LogP contribution in [0.4, 0.5) is 0 Å². The van der Waals surface area contributed by atoms with E-state index in [0.717, 1.165) is 12.3 Å². The summed E-state index contributed by atoms with van der Waals surface area (Å²) in [5.74, 6) is 2.21. The Bertz CT molecular complexity index is 301. The lowest BCUT2D eigenvalue weighted by Gasteiger charge is -2.31.